The summed E-state index contributed by atoms with van der Waals surface area (Å²) in [6.45, 7) is 0. The van der Waals surface area contributed by atoms with E-state index >= 15 is 0 Å². The van der Waals surface area contributed by atoms with Crippen LogP contribution in [0.4, 0.5) is 0 Å². The Kier molecular flexibility index (Phi) is 5.24. The molecule has 0 saturated heterocycles. The van der Waals surface area contributed by atoms with Crippen molar-refractivity contribution < 1.29 is 4.79 Å². The lowest BCUT2D eigenvalue weighted by Crippen LogP contribution is -2.53. The van der Waals surface area contributed by atoms with Gasteiger partial charge in [-0.15, -0.1) is 12.4 Å². The molecule has 0 spiro atoms. The number of hydrogen-bond donors (Lipinski definition) is 2. The molecule has 2 atom stereocenters. The van der Waals surface area contributed by atoms with Crippen LogP contribution in [0.5, 0.6) is 0 Å². The maximum absolute atomic E-state index is 12.4. The molecular weight excluding hydrogens is 304 g/mol. The number of aromatic nitrogens is 2. The molecule has 1 amide bonds. The molecule has 1 aromatic rings. The van der Waals surface area contributed by atoms with Gasteiger partial charge in [0.05, 0.1) is 0 Å². The maximum Gasteiger partial charge on any atom is 0.271 e. The molecule has 2 fully saturated rings. The van der Waals surface area contributed by atoms with E-state index in [9.17, 15) is 9.59 Å². The first-order valence-corrected chi connectivity index (χ1v) is 7.65. The van der Waals surface area contributed by atoms with Crippen LogP contribution in [0.3, 0.4) is 0 Å². The fraction of sp³-hybridized carbons (Fsp3) is 0.667. The summed E-state index contributed by atoms with van der Waals surface area (Å²) in [5.74, 6) is 0.760. The van der Waals surface area contributed by atoms with Crippen LogP contribution in [-0.2, 0) is 7.05 Å². The first kappa shape index (κ1) is 17.0. The summed E-state index contributed by atoms with van der Waals surface area (Å²) in [6.07, 6.45) is 5.47. The maximum atomic E-state index is 12.4. The molecule has 0 aliphatic heterocycles. The Labute approximate surface area is 135 Å². The number of amides is 1. The first-order valence-electron chi connectivity index (χ1n) is 7.65. The van der Waals surface area contributed by atoms with Crippen molar-refractivity contribution in [2.24, 2.45) is 24.6 Å². The second-order valence-electron chi connectivity index (χ2n) is 6.36. The number of aryl methyl sites for hydroxylation is 1. The van der Waals surface area contributed by atoms with Gasteiger partial charge < -0.3 is 11.1 Å². The van der Waals surface area contributed by atoms with Gasteiger partial charge in [-0.05, 0) is 43.6 Å². The number of carbonyl (C=O) groups is 1. The average Bonchev–Trinajstić information content (AvgIpc) is 2.42. The van der Waals surface area contributed by atoms with Gasteiger partial charge in [-0.3, -0.25) is 9.59 Å². The fourth-order valence-corrected chi connectivity index (χ4v) is 3.87. The van der Waals surface area contributed by atoms with Crippen molar-refractivity contribution in [1.29, 1.82) is 0 Å². The molecule has 3 N–H and O–H groups in total. The largest absolute Gasteiger partial charge is 0.347 e. The topological polar surface area (TPSA) is 90.0 Å². The molecule has 122 valence electrons. The summed E-state index contributed by atoms with van der Waals surface area (Å²) in [5, 5.41) is 7.15. The van der Waals surface area contributed by atoms with E-state index < -0.39 is 0 Å². The molecule has 3 rings (SSSR count). The highest BCUT2D eigenvalue weighted by molar-refractivity contribution is 5.92. The van der Waals surface area contributed by atoms with Gasteiger partial charge in [0.1, 0.15) is 5.69 Å². The molecule has 22 heavy (non-hydrogen) atoms. The molecule has 2 unspecified atom stereocenters. The Morgan fingerprint density at radius 3 is 2.55 bits per heavy atom. The van der Waals surface area contributed by atoms with Crippen LogP contribution >= 0.6 is 12.4 Å². The molecule has 2 saturated carbocycles. The Bertz CT molecular complexity index is 589. The van der Waals surface area contributed by atoms with E-state index in [2.05, 4.69) is 10.4 Å². The standard InChI is InChI=1S/C15H22N4O2.ClH/c1-19-13(20)6-5-12(18-19)15(21)17-14-9-3-2-4-10(14)8-11(16)7-9;/h5-6,9-11,14H,2-4,7-8,16H2,1H3,(H,17,21);1H. The first-order chi connectivity index (χ1) is 10.0. The van der Waals surface area contributed by atoms with E-state index in [0.29, 0.717) is 17.5 Å². The van der Waals surface area contributed by atoms with Gasteiger partial charge in [0.25, 0.3) is 11.5 Å². The number of rotatable bonds is 2. The minimum absolute atomic E-state index is 0. The van der Waals surface area contributed by atoms with E-state index in [0.717, 1.165) is 25.7 Å². The molecule has 0 radical (unpaired) electrons. The van der Waals surface area contributed by atoms with Gasteiger partial charge in [0, 0.05) is 25.2 Å². The lowest BCUT2D eigenvalue weighted by atomic mass is 9.67. The van der Waals surface area contributed by atoms with E-state index in [1.165, 1.54) is 23.2 Å². The van der Waals surface area contributed by atoms with Crippen molar-refractivity contribution in [3.63, 3.8) is 0 Å². The number of nitrogens with zero attached hydrogens (tertiary/aromatic N) is 2. The molecular formula is C15H23ClN4O2. The fourth-order valence-electron chi connectivity index (χ4n) is 3.87. The van der Waals surface area contributed by atoms with Gasteiger partial charge in [0.2, 0.25) is 0 Å². The summed E-state index contributed by atoms with van der Waals surface area (Å²) in [6, 6.07) is 3.33. The van der Waals surface area contributed by atoms with E-state index in [1.807, 2.05) is 0 Å². The molecule has 7 heteroatoms. The molecule has 1 heterocycles. The Hall–Kier alpha value is -1.40. The zero-order valence-electron chi connectivity index (χ0n) is 12.7. The molecule has 6 nitrogen and oxygen atoms in total. The number of halogens is 1. The van der Waals surface area contributed by atoms with Crippen LogP contribution in [0.1, 0.15) is 42.6 Å². The number of fused-ring (bicyclic) bond motifs is 2. The summed E-state index contributed by atoms with van der Waals surface area (Å²) < 4.78 is 1.19. The Morgan fingerprint density at radius 1 is 1.32 bits per heavy atom. The van der Waals surface area contributed by atoms with Crippen LogP contribution in [0, 0.1) is 11.8 Å². The third-order valence-corrected chi connectivity index (χ3v) is 4.87. The molecule has 2 aliphatic rings. The lowest BCUT2D eigenvalue weighted by molar-refractivity contribution is 0.0749. The van der Waals surface area contributed by atoms with Crippen molar-refractivity contribution in [3.8, 4) is 0 Å². The Morgan fingerprint density at radius 2 is 1.95 bits per heavy atom. The molecule has 2 bridgehead atoms. The van der Waals surface area contributed by atoms with Gasteiger partial charge in [-0.1, -0.05) is 6.42 Å². The number of hydrogen-bond acceptors (Lipinski definition) is 4. The summed E-state index contributed by atoms with van der Waals surface area (Å²) >= 11 is 0. The van der Waals surface area contributed by atoms with Crippen molar-refractivity contribution >= 4 is 18.3 Å². The number of nitrogens with two attached hydrogens (primary N) is 1. The third-order valence-electron chi connectivity index (χ3n) is 4.87. The molecule has 2 aliphatic carbocycles. The normalized spacial score (nSPS) is 30.3. The second-order valence-corrected chi connectivity index (χ2v) is 6.36. The van der Waals surface area contributed by atoms with Crippen LogP contribution in [0.25, 0.3) is 0 Å². The predicted molar refractivity (Wildman–Crippen MR) is 86.0 cm³/mol. The highest BCUT2D eigenvalue weighted by Gasteiger charge is 2.40. The number of carbonyl (C=O) groups excluding carboxylic acids is 1. The monoisotopic (exact) mass is 326 g/mol. The zero-order chi connectivity index (χ0) is 15.0. The molecule has 0 aromatic carbocycles. The van der Waals surface area contributed by atoms with Gasteiger partial charge in [0.15, 0.2) is 0 Å². The average molecular weight is 327 g/mol. The SMILES string of the molecule is Cl.Cn1nc(C(=O)NC2C3CCCC2CC(N)C3)ccc1=O. The quantitative estimate of drug-likeness (QED) is 0.842. The summed E-state index contributed by atoms with van der Waals surface area (Å²) in [4.78, 5) is 23.7. The van der Waals surface area contributed by atoms with Crippen LogP contribution < -0.4 is 16.6 Å². The van der Waals surface area contributed by atoms with Crippen molar-refractivity contribution in [2.45, 2.75) is 44.2 Å². The predicted octanol–water partition coefficient (Wildman–Crippen LogP) is 0.838. The van der Waals surface area contributed by atoms with Crippen molar-refractivity contribution in [3.05, 3.63) is 28.2 Å². The Balaban J connectivity index is 0.00000176. The lowest BCUT2D eigenvalue weighted by Gasteiger charge is -2.45. The van der Waals surface area contributed by atoms with Crippen molar-refractivity contribution in [2.75, 3.05) is 0 Å². The minimum Gasteiger partial charge on any atom is -0.347 e. The van der Waals surface area contributed by atoms with Crippen LogP contribution in [0.2, 0.25) is 0 Å². The zero-order valence-corrected chi connectivity index (χ0v) is 13.5. The van der Waals surface area contributed by atoms with Crippen LogP contribution in [-0.4, -0.2) is 27.8 Å². The number of nitrogens with one attached hydrogen (secondary N) is 1. The smallest absolute Gasteiger partial charge is 0.271 e. The van der Waals surface area contributed by atoms with Crippen LogP contribution in [0.15, 0.2) is 16.9 Å². The van der Waals surface area contributed by atoms with E-state index in [-0.39, 0.29) is 36.0 Å². The minimum atomic E-state index is -0.216. The van der Waals surface area contributed by atoms with Gasteiger partial charge in [-0.25, -0.2) is 4.68 Å². The third kappa shape index (κ3) is 3.33. The van der Waals surface area contributed by atoms with Crippen molar-refractivity contribution in [1.82, 2.24) is 15.1 Å². The van der Waals surface area contributed by atoms with E-state index in [1.54, 1.807) is 7.05 Å². The van der Waals surface area contributed by atoms with Gasteiger partial charge in [-0.2, -0.15) is 5.10 Å². The van der Waals surface area contributed by atoms with E-state index in [4.69, 9.17) is 5.73 Å². The molecule has 1 aromatic heterocycles. The van der Waals surface area contributed by atoms with Gasteiger partial charge >= 0.3 is 0 Å². The second kappa shape index (κ2) is 6.79. The summed E-state index contributed by atoms with van der Waals surface area (Å²) in [5.41, 5.74) is 6.18. The highest BCUT2D eigenvalue weighted by atomic mass is 35.5. The highest BCUT2D eigenvalue weighted by Crippen LogP contribution is 2.39. The summed E-state index contributed by atoms with van der Waals surface area (Å²) in [7, 11) is 1.55.